The van der Waals surface area contributed by atoms with E-state index in [4.69, 9.17) is 11.5 Å². The molecule has 1 atom stereocenters. The monoisotopic (exact) mass is 316 g/mol. The molecule has 1 aromatic rings. The van der Waals surface area contributed by atoms with E-state index in [2.05, 4.69) is 20.9 Å². The van der Waals surface area contributed by atoms with Crippen LogP contribution in [0.5, 0.6) is 0 Å². The molecule has 8 heteroatoms. The molecule has 7 N–H and O–H groups in total. The van der Waals surface area contributed by atoms with E-state index in [1.165, 1.54) is 6.20 Å². The van der Waals surface area contributed by atoms with Gasteiger partial charge in [0.05, 0.1) is 12.1 Å². The maximum absolute atomic E-state index is 11.6. The largest absolute Gasteiger partial charge is 0.369 e. The van der Waals surface area contributed by atoms with Crippen LogP contribution in [0.1, 0.15) is 11.1 Å². The van der Waals surface area contributed by atoms with Crippen molar-refractivity contribution in [3.05, 3.63) is 41.1 Å². The summed E-state index contributed by atoms with van der Waals surface area (Å²) in [6.07, 6.45) is 0.873. The Morgan fingerprint density at radius 2 is 1.87 bits per heavy atom. The number of amides is 2. The molecule has 0 bridgehead atoms. The molecule has 1 aliphatic heterocycles. The molecule has 23 heavy (non-hydrogen) atoms. The Balaban J connectivity index is 2.23. The lowest BCUT2D eigenvalue weighted by Crippen LogP contribution is -2.47. The lowest BCUT2D eigenvalue weighted by Gasteiger charge is -2.23. The minimum absolute atomic E-state index is 0.0439. The molecule has 1 heterocycles. The number of primary amides is 2. The molecule has 122 valence electrons. The number of nitrogens with one attached hydrogen (secondary N) is 3. The number of aryl methyl sites for hydroxylation is 2. The van der Waals surface area contributed by atoms with Crippen molar-refractivity contribution in [3.8, 4) is 0 Å². The Morgan fingerprint density at radius 3 is 2.43 bits per heavy atom. The Hall–Kier alpha value is -2.87. The Morgan fingerprint density at radius 1 is 1.22 bits per heavy atom. The van der Waals surface area contributed by atoms with Gasteiger partial charge in [0.1, 0.15) is 5.84 Å². The fourth-order valence-electron chi connectivity index (χ4n) is 2.24. The van der Waals surface area contributed by atoms with Gasteiger partial charge in [0.2, 0.25) is 5.91 Å². The second-order valence-electron chi connectivity index (χ2n) is 5.32. The molecule has 1 aliphatic rings. The average molecular weight is 316 g/mol. The first kappa shape index (κ1) is 16.5. The number of hydrogen-bond donors (Lipinski definition) is 5. The molecular weight excluding hydrogens is 296 g/mol. The first-order chi connectivity index (χ1) is 10.8. The quantitative estimate of drug-likeness (QED) is 0.496. The van der Waals surface area contributed by atoms with Crippen LogP contribution >= 0.6 is 0 Å². The number of nitrogens with two attached hydrogens (primary N) is 2. The van der Waals surface area contributed by atoms with E-state index in [9.17, 15) is 9.59 Å². The predicted molar refractivity (Wildman–Crippen MR) is 88.4 cm³/mol. The van der Waals surface area contributed by atoms with Crippen molar-refractivity contribution >= 4 is 23.3 Å². The Bertz CT molecular complexity index is 675. The van der Waals surface area contributed by atoms with Crippen molar-refractivity contribution in [3.63, 3.8) is 0 Å². The molecule has 0 radical (unpaired) electrons. The second-order valence-corrected chi connectivity index (χ2v) is 5.32. The highest BCUT2D eigenvalue weighted by molar-refractivity contribution is 6.25. The Labute approximate surface area is 134 Å². The summed E-state index contributed by atoms with van der Waals surface area (Å²) in [5, 5.41) is 8.74. The smallest absolute Gasteiger partial charge is 0.253 e. The maximum Gasteiger partial charge on any atom is 0.253 e. The van der Waals surface area contributed by atoms with Gasteiger partial charge in [0.15, 0.2) is 6.29 Å². The van der Waals surface area contributed by atoms with Crippen LogP contribution in [0.4, 0.5) is 5.69 Å². The maximum atomic E-state index is 11.6. The molecule has 0 saturated heterocycles. The van der Waals surface area contributed by atoms with Crippen molar-refractivity contribution in [1.29, 1.82) is 0 Å². The molecule has 0 saturated carbocycles. The van der Waals surface area contributed by atoms with Gasteiger partial charge in [-0.15, -0.1) is 0 Å². The molecule has 1 unspecified atom stereocenters. The van der Waals surface area contributed by atoms with E-state index in [1.54, 1.807) is 0 Å². The molecule has 2 rings (SSSR count). The standard InChI is InChI=1S/C15H20N6O2/c1-8-3-9(2)5-10(4-8)20-14-11(13(17)23)6-18-15(21-14)19-7-12(16)22/h3-6,15,18-19H,7H2,1-2H3,(H2,16,22)(H2,17,23)(H,20,21). The van der Waals surface area contributed by atoms with E-state index in [0.29, 0.717) is 5.84 Å². The third-order valence-corrected chi connectivity index (χ3v) is 3.12. The molecule has 0 spiro atoms. The van der Waals surface area contributed by atoms with Gasteiger partial charge in [-0.3, -0.25) is 14.9 Å². The summed E-state index contributed by atoms with van der Waals surface area (Å²) in [6.45, 7) is 3.91. The highest BCUT2D eigenvalue weighted by Crippen LogP contribution is 2.16. The van der Waals surface area contributed by atoms with E-state index in [1.807, 2.05) is 32.0 Å². The number of nitrogens with zero attached hydrogens (tertiary/aromatic N) is 1. The van der Waals surface area contributed by atoms with Crippen LogP contribution < -0.4 is 27.4 Å². The normalized spacial score (nSPS) is 16.9. The van der Waals surface area contributed by atoms with Crippen LogP contribution in [0.3, 0.4) is 0 Å². The van der Waals surface area contributed by atoms with Gasteiger partial charge >= 0.3 is 0 Å². The molecular formula is C15H20N6O2. The molecule has 0 aromatic heterocycles. The number of rotatable bonds is 5. The number of carbonyl (C=O) groups is 2. The van der Waals surface area contributed by atoms with Gasteiger partial charge in [0, 0.05) is 11.9 Å². The third-order valence-electron chi connectivity index (χ3n) is 3.12. The van der Waals surface area contributed by atoms with Crippen LogP contribution in [0, 0.1) is 13.8 Å². The number of benzene rings is 1. The lowest BCUT2D eigenvalue weighted by molar-refractivity contribution is -0.117. The number of anilines is 1. The molecule has 2 amide bonds. The van der Waals surface area contributed by atoms with Crippen LogP contribution in [-0.4, -0.2) is 30.5 Å². The van der Waals surface area contributed by atoms with E-state index < -0.39 is 18.1 Å². The predicted octanol–water partition coefficient (Wildman–Crippen LogP) is -0.555. The lowest BCUT2D eigenvalue weighted by atomic mass is 10.1. The summed E-state index contributed by atoms with van der Waals surface area (Å²) in [6, 6.07) is 5.90. The van der Waals surface area contributed by atoms with Gasteiger partial charge in [-0.2, -0.15) is 0 Å². The van der Waals surface area contributed by atoms with Gasteiger partial charge in [0.25, 0.3) is 5.91 Å². The minimum Gasteiger partial charge on any atom is -0.369 e. The van der Waals surface area contributed by atoms with E-state index in [-0.39, 0.29) is 12.1 Å². The van der Waals surface area contributed by atoms with Crippen molar-refractivity contribution in [2.45, 2.75) is 20.1 Å². The Kier molecular flexibility index (Phi) is 4.97. The fourth-order valence-corrected chi connectivity index (χ4v) is 2.24. The van der Waals surface area contributed by atoms with Crippen LogP contribution in [0.15, 0.2) is 35.0 Å². The van der Waals surface area contributed by atoms with Gasteiger partial charge < -0.3 is 22.1 Å². The highest BCUT2D eigenvalue weighted by Gasteiger charge is 2.21. The number of hydrogen-bond acceptors (Lipinski definition) is 6. The topological polar surface area (TPSA) is 135 Å². The summed E-state index contributed by atoms with van der Waals surface area (Å²) < 4.78 is 0. The molecule has 0 fully saturated rings. The van der Waals surface area contributed by atoms with Crippen LogP contribution in [0.25, 0.3) is 0 Å². The van der Waals surface area contributed by atoms with Crippen LogP contribution in [-0.2, 0) is 9.59 Å². The summed E-state index contributed by atoms with van der Waals surface area (Å²) in [5.74, 6) is -0.791. The first-order valence-electron chi connectivity index (χ1n) is 7.06. The molecule has 1 aromatic carbocycles. The molecule has 8 nitrogen and oxygen atoms in total. The highest BCUT2D eigenvalue weighted by atomic mass is 16.1. The van der Waals surface area contributed by atoms with Crippen molar-refractivity contribution in [2.75, 3.05) is 11.9 Å². The summed E-state index contributed by atoms with van der Waals surface area (Å²) in [5.41, 5.74) is 13.6. The fraction of sp³-hybridized carbons (Fsp3) is 0.267. The van der Waals surface area contributed by atoms with Crippen molar-refractivity contribution in [1.82, 2.24) is 10.6 Å². The van der Waals surface area contributed by atoms with Gasteiger partial charge in [-0.1, -0.05) is 6.07 Å². The zero-order valence-electron chi connectivity index (χ0n) is 13.0. The summed E-state index contributed by atoms with van der Waals surface area (Å²) in [7, 11) is 0. The SMILES string of the molecule is Cc1cc(C)cc(NC2=NC(NCC(N)=O)NC=C2C(N)=O)c1. The van der Waals surface area contributed by atoms with Gasteiger partial charge in [-0.25, -0.2) is 4.99 Å². The number of aliphatic imine (C=N–C) groups is 1. The first-order valence-corrected chi connectivity index (χ1v) is 7.06. The number of amidine groups is 1. The number of carbonyl (C=O) groups excluding carboxylic acids is 2. The zero-order chi connectivity index (χ0) is 17.0. The zero-order valence-corrected chi connectivity index (χ0v) is 13.0. The van der Waals surface area contributed by atoms with Gasteiger partial charge in [-0.05, 0) is 37.1 Å². The van der Waals surface area contributed by atoms with Crippen molar-refractivity contribution in [2.24, 2.45) is 16.5 Å². The van der Waals surface area contributed by atoms with E-state index >= 15 is 0 Å². The molecule has 0 aliphatic carbocycles. The van der Waals surface area contributed by atoms with Crippen molar-refractivity contribution < 1.29 is 9.59 Å². The van der Waals surface area contributed by atoms with E-state index in [0.717, 1.165) is 16.8 Å². The third kappa shape index (κ3) is 4.55. The minimum atomic E-state index is -0.610. The average Bonchev–Trinajstić information content (AvgIpc) is 2.43. The summed E-state index contributed by atoms with van der Waals surface area (Å²) >= 11 is 0. The summed E-state index contributed by atoms with van der Waals surface area (Å²) in [4.78, 5) is 26.7. The second kappa shape index (κ2) is 6.93. The van der Waals surface area contributed by atoms with Crippen LogP contribution in [0.2, 0.25) is 0 Å².